The van der Waals surface area contributed by atoms with Crippen LogP contribution in [0, 0.1) is 0 Å². The first-order chi connectivity index (χ1) is 6.29. The molecule has 1 aliphatic heterocycles. The fraction of sp³-hybridized carbons (Fsp3) is 0.600. The molecule has 2 rings (SSSR count). The van der Waals surface area contributed by atoms with Crippen LogP contribution in [0.25, 0.3) is 0 Å². The zero-order valence-corrected chi connectivity index (χ0v) is 8.79. The van der Waals surface area contributed by atoms with Gasteiger partial charge >= 0.3 is 0 Å². The van der Waals surface area contributed by atoms with Gasteiger partial charge in [-0.1, -0.05) is 0 Å². The van der Waals surface area contributed by atoms with Gasteiger partial charge in [-0.25, -0.2) is 0 Å². The van der Waals surface area contributed by atoms with Crippen molar-refractivity contribution in [1.82, 2.24) is 10.6 Å². The lowest BCUT2D eigenvalue weighted by Crippen LogP contribution is -2.43. The zero-order valence-electron chi connectivity index (χ0n) is 7.97. The Morgan fingerprint density at radius 1 is 1.69 bits per heavy atom. The van der Waals surface area contributed by atoms with E-state index in [0.717, 1.165) is 19.6 Å². The number of hydrogen-bond acceptors (Lipinski definition) is 3. The van der Waals surface area contributed by atoms with Gasteiger partial charge in [-0.15, -0.1) is 0 Å². The minimum atomic E-state index is 0.307. The van der Waals surface area contributed by atoms with E-state index < -0.39 is 0 Å². The third-order valence-electron chi connectivity index (χ3n) is 2.67. The molecule has 1 unspecified atom stereocenters. The molecule has 1 aromatic rings. The molecule has 1 fully saturated rings. The molecule has 1 saturated heterocycles. The second-order valence-corrected chi connectivity index (χ2v) is 4.75. The van der Waals surface area contributed by atoms with Crippen LogP contribution in [0.15, 0.2) is 16.8 Å². The van der Waals surface area contributed by atoms with Crippen molar-refractivity contribution >= 4 is 11.3 Å². The number of thiophene rings is 1. The standard InChI is InChI=1S/C10H16N2S/c1-10(3-4-11-8-10)12-6-9-2-5-13-7-9/h2,5,7,11-12H,3-4,6,8H2,1H3. The Bertz CT molecular complexity index is 250. The van der Waals surface area contributed by atoms with Gasteiger partial charge in [-0.05, 0) is 42.3 Å². The maximum atomic E-state index is 3.60. The Morgan fingerprint density at radius 2 is 2.62 bits per heavy atom. The van der Waals surface area contributed by atoms with Crippen molar-refractivity contribution in [3.63, 3.8) is 0 Å². The summed E-state index contributed by atoms with van der Waals surface area (Å²) in [6, 6.07) is 2.18. The molecule has 0 amide bonds. The highest BCUT2D eigenvalue weighted by molar-refractivity contribution is 7.07. The normalized spacial score (nSPS) is 28.1. The first kappa shape index (κ1) is 9.19. The second-order valence-electron chi connectivity index (χ2n) is 3.97. The Hall–Kier alpha value is -0.380. The summed E-state index contributed by atoms with van der Waals surface area (Å²) in [6.07, 6.45) is 1.23. The highest BCUT2D eigenvalue weighted by Gasteiger charge is 2.27. The Labute approximate surface area is 83.4 Å². The first-order valence-corrected chi connectivity index (χ1v) is 5.70. The maximum absolute atomic E-state index is 3.60. The number of nitrogens with one attached hydrogen (secondary N) is 2. The van der Waals surface area contributed by atoms with Crippen molar-refractivity contribution < 1.29 is 0 Å². The van der Waals surface area contributed by atoms with Gasteiger partial charge in [0.1, 0.15) is 0 Å². The first-order valence-electron chi connectivity index (χ1n) is 4.75. The number of hydrogen-bond donors (Lipinski definition) is 2. The van der Waals surface area contributed by atoms with Crippen molar-refractivity contribution in [1.29, 1.82) is 0 Å². The average molecular weight is 196 g/mol. The zero-order chi connectivity index (χ0) is 9.15. The lowest BCUT2D eigenvalue weighted by atomic mass is 10.0. The third kappa shape index (κ3) is 2.30. The Balaban J connectivity index is 1.85. The highest BCUT2D eigenvalue weighted by atomic mass is 32.1. The van der Waals surface area contributed by atoms with Gasteiger partial charge < -0.3 is 10.6 Å². The Morgan fingerprint density at radius 3 is 3.23 bits per heavy atom. The molecule has 13 heavy (non-hydrogen) atoms. The molecule has 1 aliphatic rings. The van der Waals surface area contributed by atoms with Crippen LogP contribution in [0.1, 0.15) is 18.9 Å². The fourth-order valence-corrected chi connectivity index (χ4v) is 2.35. The van der Waals surface area contributed by atoms with E-state index >= 15 is 0 Å². The summed E-state index contributed by atoms with van der Waals surface area (Å²) in [5.41, 5.74) is 1.71. The quantitative estimate of drug-likeness (QED) is 0.767. The van der Waals surface area contributed by atoms with Gasteiger partial charge in [0.05, 0.1) is 0 Å². The predicted molar refractivity (Wildman–Crippen MR) is 57.1 cm³/mol. The molecule has 0 spiro atoms. The Kier molecular flexibility index (Phi) is 2.67. The van der Waals surface area contributed by atoms with Crippen LogP contribution in [0.2, 0.25) is 0 Å². The summed E-state index contributed by atoms with van der Waals surface area (Å²) < 4.78 is 0. The monoisotopic (exact) mass is 196 g/mol. The van der Waals surface area contributed by atoms with Gasteiger partial charge in [0.25, 0.3) is 0 Å². The molecule has 0 aliphatic carbocycles. The molecule has 2 N–H and O–H groups in total. The van der Waals surface area contributed by atoms with Crippen LogP contribution in [0.5, 0.6) is 0 Å². The van der Waals surface area contributed by atoms with Crippen LogP contribution in [-0.4, -0.2) is 18.6 Å². The van der Waals surface area contributed by atoms with Gasteiger partial charge in [0.15, 0.2) is 0 Å². The maximum Gasteiger partial charge on any atom is 0.0293 e. The SMILES string of the molecule is CC1(NCc2ccsc2)CCNC1. The smallest absolute Gasteiger partial charge is 0.0293 e. The second kappa shape index (κ2) is 3.78. The molecule has 0 aromatic carbocycles. The molecule has 2 nitrogen and oxygen atoms in total. The van der Waals surface area contributed by atoms with Gasteiger partial charge in [-0.3, -0.25) is 0 Å². The summed E-state index contributed by atoms with van der Waals surface area (Å²) >= 11 is 1.77. The van der Waals surface area contributed by atoms with Crippen LogP contribution in [-0.2, 0) is 6.54 Å². The van der Waals surface area contributed by atoms with E-state index in [1.165, 1.54) is 12.0 Å². The van der Waals surface area contributed by atoms with Gasteiger partial charge in [-0.2, -0.15) is 11.3 Å². The van der Waals surface area contributed by atoms with E-state index in [0.29, 0.717) is 5.54 Å². The lowest BCUT2D eigenvalue weighted by Gasteiger charge is -2.24. The van der Waals surface area contributed by atoms with Crippen LogP contribution in [0.4, 0.5) is 0 Å². The molecule has 2 heterocycles. The minimum absolute atomic E-state index is 0.307. The van der Waals surface area contributed by atoms with Crippen LogP contribution >= 0.6 is 11.3 Å². The summed E-state index contributed by atoms with van der Waals surface area (Å²) in [4.78, 5) is 0. The molecule has 1 aromatic heterocycles. The predicted octanol–water partition coefficient (Wildman–Crippen LogP) is 1.59. The van der Waals surface area contributed by atoms with Crippen molar-refractivity contribution in [2.45, 2.75) is 25.4 Å². The molecule has 3 heteroatoms. The van der Waals surface area contributed by atoms with E-state index in [-0.39, 0.29) is 0 Å². The lowest BCUT2D eigenvalue weighted by molar-refractivity contribution is 0.386. The summed E-state index contributed by atoms with van der Waals surface area (Å²) in [6.45, 7) is 5.53. The number of rotatable bonds is 3. The molecular weight excluding hydrogens is 180 g/mol. The van der Waals surface area contributed by atoms with Crippen molar-refractivity contribution in [2.75, 3.05) is 13.1 Å². The van der Waals surface area contributed by atoms with Gasteiger partial charge in [0.2, 0.25) is 0 Å². The summed E-state index contributed by atoms with van der Waals surface area (Å²) in [5, 5.41) is 11.3. The molecular formula is C10H16N2S. The minimum Gasteiger partial charge on any atom is -0.315 e. The summed E-state index contributed by atoms with van der Waals surface area (Å²) in [7, 11) is 0. The molecule has 72 valence electrons. The van der Waals surface area contributed by atoms with Crippen molar-refractivity contribution in [2.24, 2.45) is 0 Å². The van der Waals surface area contributed by atoms with E-state index in [4.69, 9.17) is 0 Å². The van der Waals surface area contributed by atoms with Crippen LogP contribution in [0.3, 0.4) is 0 Å². The molecule has 0 saturated carbocycles. The van der Waals surface area contributed by atoms with E-state index in [1.807, 2.05) is 0 Å². The largest absolute Gasteiger partial charge is 0.315 e. The van der Waals surface area contributed by atoms with E-state index in [1.54, 1.807) is 11.3 Å². The highest BCUT2D eigenvalue weighted by Crippen LogP contribution is 2.15. The van der Waals surface area contributed by atoms with Crippen molar-refractivity contribution in [3.05, 3.63) is 22.4 Å². The summed E-state index contributed by atoms with van der Waals surface area (Å²) in [5.74, 6) is 0. The molecule has 0 radical (unpaired) electrons. The van der Waals surface area contributed by atoms with Crippen molar-refractivity contribution in [3.8, 4) is 0 Å². The van der Waals surface area contributed by atoms with Gasteiger partial charge in [0, 0.05) is 18.6 Å². The fourth-order valence-electron chi connectivity index (χ4n) is 1.68. The molecule has 1 atom stereocenters. The average Bonchev–Trinajstić information content (AvgIpc) is 2.72. The van der Waals surface area contributed by atoms with Crippen LogP contribution < -0.4 is 10.6 Å². The van der Waals surface area contributed by atoms with E-state index in [9.17, 15) is 0 Å². The third-order valence-corrected chi connectivity index (χ3v) is 3.40. The molecule has 0 bridgehead atoms. The van der Waals surface area contributed by atoms with E-state index in [2.05, 4.69) is 34.4 Å². The topological polar surface area (TPSA) is 24.1 Å².